The minimum Gasteiger partial charge on any atom is -0.395 e. The lowest BCUT2D eigenvalue weighted by molar-refractivity contribution is 0.226. The van der Waals surface area contributed by atoms with Crippen LogP contribution in [0.15, 0.2) is 27.6 Å². The molecular weight excluding hydrogens is 366 g/mol. The van der Waals surface area contributed by atoms with E-state index in [9.17, 15) is 13.5 Å². The fraction of sp³-hybridized carbons (Fsp3) is 0.538. The lowest BCUT2D eigenvalue weighted by Gasteiger charge is -2.27. The average Bonchev–Trinajstić information content (AvgIpc) is 2.88. The highest BCUT2D eigenvalue weighted by Crippen LogP contribution is 2.32. The van der Waals surface area contributed by atoms with Gasteiger partial charge in [-0.2, -0.15) is 4.31 Å². The third-order valence-electron chi connectivity index (χ3n) is 3.53. The van der Waals surface area contributed by atoms with Gasteiger partial charge < -0.3 is 5.11 Å². The molecule has 4 nitrogen and oxygen atoms in total. The molecule has 1 N–H and O–H groups in total. The predicted molar refractivity (Wildman–Crippen MR) is 82.4 cm³/mol. The number of benzene rings is 1. The van der Waals surface area contributed by atoms with E-state index in [1.807, 2.05) is 0 Å². The largest absolute Gasteiger partial charge is 0.395 e. The zero-order valence-electron chi connectivity index (χ0n) is 10.9. The molecule has 0 atom stereocenters. The molecule has 112 valence electrons. The number of rotatable bonds is 5. The number of nitrogens with zero attached hydrogens (tertiary/aromatic N) is 1. The van der Waals surface area contributed by atoms with Crippen molar-refractivity contribution in [3.05, 3.63) is 27.7 Å². The standard InChI is InChI=1S/C13H17BrClNO3S/c14-10-5-6-13(12(15)9-10)20(18,19)16(7-8-17)11-3-1-2-4-11/h5-6,9,11,17H,1-4,7-8H2. The summed E-state index contributed by atoms with van der Waals surface area (Å²) in [6, 6.07) is 4.69. The molecule has 2 rings (SSSR count). The summed E-state index contributed by atoms with van der Waals surface area (Å²) in [4.78, 5) is 0.0997. The quantitative estimate of drug-likeness (QED) is 0.851. The summed E-state index contributed by atoms with van der Waals surface area (Å²) in [5, 5.41) is 9.37. The number of aliphatic hydroxyl groups is 1. The maximum absolute atomic E-state index is 12.8. The van der Waals surface area contributed by atoms with Crippen molar-refractivity contribution in [1.82, 2.24) is 4.31 Å². The van der Waals surface area contributed by atoms with Crippen LogP contribution in [0.5, 0.6) is 0 Å². The van der Waals surface area contributed by atoms with Crippen LogP contribution >= 0.6 is 27.5 Å². The highest BCUT2D eigenvalue weighted by Gasteiger charge is 2.33. The van der Waals surface area contributed by atoms with Gasteiger partial charge in [0, 0.05) is 17.1 Å². The third-order valence-corrected chi connectivity index (χ3v) is 6.46. The van der Waals surface area contributed by atoms with Crippen LogP contribution in [0.3, 0.4) is 0 Å². The van der Waals surface area contributed by atoms with Crippen molar-refractivity contribution in [2.24, 2.45) is 0 Å². The molecule has 0 aromatic heterocycles. The first-order valence-electron chi connectivity index (χ1n) is 6.54. The van der Waals surface area contributed by atoms with Gasteiger partial charge in [0.15, 0.2) is 0 Å². The Morgan fingerprint density at radius 3 is 2.55 bits per heavy atom. The van der Waals surface area contributed by atoms with E-state index in [1.54, 1.807) is 12.1 Å². The molecule has 1 aromatic rings. The highest BCUT2D eigenvalue weighted by atomic mass is 79.9. The summed E-state index contributed by atoms with van der Waals surface area (Å²) in [6.45, 7) is -0.0801. The minimum absolute atomic E-state index is 0.0353. The van der Waals surface area contributed by atoms with E-state index in [4.69, 9.17) is 11.6 Å². The molecule has 0 radical (unpaired) electrons. The molecule has 0 aliphatic heterocycles. The number of hydrogen-bond acceptors (Lipinski definition) is 3. The van der Waals surface area contributed by atoms with Gasteiger partial charge in [-0.25, -0.2) is 8.42 Å². The van der Waals surface area contributed by atoms with Gasteiger partial charge in [-0.1, -0.05) is 40.4 Å². The van der Waals surface area contributed by atoms with Crippen LogP contribution in [-0.2, 0) is 10.0 Å². The molecule has 0 amide bonds. The van der Waals surface area contributed by atoms with Gasteiger partial charge in [0.05, 0.1) is 11.6 Å². The van der Waals surface area contributed by atoms with Crippen molar-refractivity contribution in [2.45, 2.75) is 36.6 Å². The van der Waals surface area contributed by atoms with Crippen molar-refractivity contribution >= 4 is 37.6 Å². The molecule has 1 aromatic carbocycles. The summed E-state index contributed by atoms with van der Waals surface area (Å²) in [7, 11) is -3.67. The maximum atomic E-state index is 12.8. The minimum atomic E-state index is -3.67. The van der Waals surface area contributed by atoms with E-state index >= 15 is 0 Å². The van der Waals surface area contributed by atoms with Crippen LogP contribution < -0.4 is 0 Å². The Labute approximate surface area is 132 Å². The van der Waals surface area contributed by atoms with Gasteiger partial charge in [0.1, 0.15) is 4.90 Å². The van der Waals surface area contributed by atoms with Crippen molar-refractivity contribution in [3.63, 3.8) is 0 Å². The summed E-state index contributed by atoms with van der Waals surface area (Å²) in [6.07, 6.45) is 3.73. The molecular formula is C13H17BrClNO3S. The fourth-order valence-corrected chi connectivity index (χ4v) is 5.29. The number of hydrogen-bond donors (Lipinski definition) is 1. The van der Waals surface area contributed by atoms with Gasteiger partial charge in [0.2, 0.25) is 10.0 Å². The summed E-state index contributed by atoms with van der Waals surface area (Å²) < 4.78 is 27.6. The van der Waals surface area contributed by atoms with Crippen molar-refractivity contribution in [1.29, 1.82) is 0 Å². The van der Waals surface area contributed by atoms with Crippen LogP contribution in [0, 0.1) is 0 Å². The number of aliphatic hydroxyl groups excluding tert-OH is 1. The smallest absolute Gasteiger partial charge is 0.244 e. The first kappa shape index (κ1) is 16.2. The first-order valence-corrected chi connectivity index (χ1v) is 9.15. The second-order valence-corrected chi connectivity index (χ2v) is 8.03. The first-order chi connectivity index (χ1) is 9.46. The highest BCUT2D eigenvalue weighted by molar-refractivity contribution is 9.10. The topological polar surface area (TPSA) is 57.6 Å². The molecule has 1 fully saturated rings. The van der Waals surface area contributed by atoms with Crippen LogP contribution in [-0.4, -0.2) is 37.0 Å². The van der Waals surface area contributed by atoms with Crippen LogP contribution in [0.25, 0.3) is 0 Å². The van der Waals surface area contributed by atoms with E-state index in [-0.39, 0.29) is 29.1 Å². The average molecular weight is 383 g/mol. The second kappa shape index (κ2) is 6.75. The van der Waals surface area contributed by atoms with E-state index in [1.165, 1.54) is 10.4 Å². The molecule has 0 unspecified atom stereocenters. The van der Waals surface area contributed by atoms with Gasteiger partial charge in [-0.3, -0.25) is 0 Å². The van der Waals surface area contributed by atoms with E-state index in [0.29, 0.717) is 0 Å². The Bertz CT molecular complexity index is 573. The summed E-state index contributed by atoms with van der Waals surface area (Å²) in [5.74, 6) is 0. The predicted octanol–water partition coefficient (Wildman–Crippen LogP) is 3.03. The Balaban J connectivity index is 2.39. The Kier molecular flexibility index (Phi) is 5.48. The molecule has 7 heteroatoms. The van der Waals surface area contributed by atoms with E-state index in [2.05, 4.69) is 15.9 Å². The third kappa shape index (κ3) is 3.36. The van der Waals surface area contributed by atoms with E-state index in [0.717, 1.165) is 30.2 Å². The normalized spacial score (nSPS) is 17.0. The molecule has 0 heterocycles. The molecule has 20 heavy (non-hydrogen) atoms. The molecule has 0 bridgehead atoms. The van der Waals surface area contributed by atoms with Crippen LogP contribution in [0.4, 0.5) is 0 Å². The van der Waals surface area contributed by atoms with Crippen molar-refractivity contribution < 1.29 is 13.5 Å². The lowest BCUT2D eigenvalue weighted by Crippen LogP contribution is -2.40. The Hall–Kier alpha value is -0.140. The zero-order chi connectivity index (χ0) is 14.8. The molecule has 1 aliphatic rings. The van der Waals surface area contributed by atoms with Crippen LogP contribution in [0.1, 0.15) is 25.7 Å². The molecule has 0 saturated heterocycles. The second-order valence-electron chi connectivity index (χ2n) is 4.85. The zero-order valence-corrected chi connectivity index (χ0v) is 14.1. The molecule has 1 saturated carbocycles. The number of halogens is 2. The Morgan fingerprint density at radius 1 is 1.35 bits per heavy atom. The monoisotopic (exact) mass is 381 g/mol. The lowest BCUT2D eigenvalue weighted by atomic mass is 10.2. The van der Waals surface area contributed by atoms with Crippen molar-refractivity contribution in [3.8, 4) is 0 Å². The van der Waals surface area contributed by atoms with E-state index < -0.39 is 10.0 Å². The molecule has 0 spiro atoms. The molecule has 1 aliphatic carbocycles. The maximum Gasteiger partial charge on any atom is 0.244 e. The van der Waals surface area contributed by atoms with Crippen molar-refractivity contribution in [2.75, 3.05) is 13.2 Å². The number of sulfonamides is 1. The van der Waals surface area contributed by atoms with Gasteiger partial charge in [0.25, 0.3) is 0 Å². The fourth-order valence-electron chi connectivity index (χ4n) is 2.60. The summed E-state index contributed by atoms with van der Waals surface area (Å²) in [5.41, 5.74) is 0. The van der Waals surface area contributed by atoms with Gasteiger partial charge in [-0.15, -0.1) is 0 Å². The van der Waals surface area contributed by atoms with Gasteiger partial charge >= 0.3 is 0 Å². The Morgan fingerprint density at radius 2 is 2.00 bits per heavy atom. The van der Waals surface area contributed by atoms with Gasteiger partial charge in [-0.05, 0) is 31.0 Å². The SMILES string of the molecule is O=S(=O)(c1ccc(Br)cc1Cl)N(CCO)C1CCCC1. The summed E-state index contributed by atoms with van der Waals surface area (Å²) >= 11 is 9.33. The van der Waals surface area contributed by atoms with Crippen LogP contribution in [0.2, 0.25) is 5.02 Å².